The number of methoxy groups -OCH3 is 1. The third kappa shape index (κ3) is 5.31. The smallest absolute Gasteiger partial charge is 0.258 e. The van der Waals surface area contributed by atoms with Gasteiger partial charge in [-0.05, 0) is 55.7 Å². The summed E-state index contributed by atoms with van der Waals surface area (Å²) in [6.45, 7) is 6.01. The topological polar surface area (TPSA) is 47.6 Å². The van der Waals surface area contributed by atoms with Crippen molar-refractivity contribution >= 4 is 5.91 Å². The molecule has 0 radical (unpaired) electrons. The van der Waals surface area contributed by atoms with Crippen LogP contribution in [0.1, 0.15) is 38.2 Å². The van der Waals surface area contributed by atoms with E-state index in [0.717, 1.165) is 30.7 Å². The molecule has 1 aromatic rings. The Morgan fingerprint density at radius 2 is 2.04 bits per heavy atom. The van der Waals surface area contributed by atoms with Gasteiger partial charge in [0, 0.05) is 6.04 Å². The molecule has 1 amide bonds. The van der Waals surface area contributed by atoms with Gasteiger partial charge in [0.2, 0.25) is 0 Å². The fourth-order valence-electron chi connectivity index (χ4n) is 2.94. The van der Waals surface area contributed by atoms with Gasteiger partial charge in [-0.25, -0.2) is 0 Å². The Kier molecular flexibility index (Phi) is 6.51. The average Bonchev–Trinajstić information content (AvgIpc) is 2.56. The molecule has 0 spiro atoms. The van der Waals surface area contributed by atoms with E-state index in [0.29, 0.717) is 17.5 Å². The second-order valence-corrected chi connectivity index (χ2v) is 6.29. The highest BCUT2D eigenvalue weighted by Gasteiger charge is 2.20. The molecule has 126 valence electrons. The number of amides is 1. The number of ether oxygens (including phenoxy) is 2. The molecule has 1 N–H and O–H groups in total. The van der Waals surface area contributed by atoms with E-state index in [2.05, 4.69) is 18.8 Å². The number of carbonyl (C=O) groups is 1. The zero-order valence-electron chi connectivity index (χ0n) is 14.1. The average molecular weight is 317 g/mol. The largest absolute Gasteiger partial charge is 0.493 e. The molecule has 0 unspecified atom stereocenters. The number of hydrogen-bond donors (Lipinski definition) is 1. The predicted molar refractivity (Wildman–Crippen MR) is 92.0 cm³/mol. The molecule has 1 aliphatic carbocycles. The van der Waals surface area contributed by atoms with Crippen LogP contribution in [0.2, 0.25) is 0 Å². The predicted octanol–water partition coefficient (Wildman–Crippen LogP) is 3.50. The molecular formula is C19H27NO3. The fourth-order valence-corrected chi connectivity index (χ4v) is 2.94. The van der Waals surface area contributed by atoms with Gasteiger partial charge >= 0.3 is 0 Å². The molecule has 4 nitrogen and oxygen atoms in total. The molecule has 0 bridgehead atoms. The van der Waals surface area contributed by atoms with E-state index in [4.69, 9.17) is 9.47 Å². The van der Waals surface area contributed by atoms with Gasteiger partial charge in [0.1, 0.15) is 0 Å². The number of carbonyl (C=O) groups excluding carboxylic acids is 1. The monoisotopic (exact) mass is 317 g/mol. The van der Waals surface area contributed by atoms with Gasteiger partial charge in [-0.3, -0.25) is 4.79 Å². The highest BCUT2D eigenvalue weighted by Crippen LogP contribution is 2.28. The zero-order valence-corrected chi connectivity index (χ0v) is 14.1. The van der Waals surface area contributed by atoms with Crippen molar-refractivity contribution in [3.05, 3.63) is 36.4 Å². The lowest BCUT2D eigenvalue weighted by Gasteiger charge is -2.26. The van der Waals surface area contributed by atoms with Gasteiger partial charge in [0.25, 0.3) is 5.91 Å². The van der Waals surface area contributed by atoms with Gasteiger partial charge < -0.3 is 14.8 Å². The first-order valence-corrected chi connectivity index (χ1v) is 8.32. The van der Waals surface area contributed by atoms with E-state index >= 15 is 0 Å². The Labute approximate surface area is 138 Å². The number of allylic oxidation sites excluding steroid dienone is 1. The maximum Gasteiger partial charge on any atom is 0.258 e. The first kappa shape index (κ1) is 17.4. The summed E-state index contributed by atoms with van der Waals surface area (Å²) in [7, 11) is 1.60. The Balaban J connectivity index is 1.84. The van der Waals surface area contributed by atoms with Gasteiger partial charge in [-0.1, -0.05) is 19.1 Å². The molecular weight excluding hydrogens is 290 g/mol. The summed E-state index contributed by atoms with van der Waals surface area (Å²) >= 11 is 0. The summed E-state index contributed by atoms with van der Waals surface area (Å²) in [6, 6.07) is 6.00. The molecule has 4 heteroatoms. The Morgan fingerprint density at radius 3 is 2.70 bits per heavy atom. The SMILES string of the molecule is C=CCc1ccc(OCC(=O)NC2CCC(C)CC2)c(OC)c1. The van der Waals surface area contributed by atoms with E-state index in [9.17, 15) is 4.79 Å². The lowest BCUT2D eigenvalue weighted by atomic mass is 9.87. The molecule has 1 fully saturated rings. The van der Waals surface area contributed by atoms with Crippen LogP contribution in [-0.4, -0.2) is 25.7 Å². The minimum Gasteiger partial charge on any atom is -0.493 e. The summed E-state index contributed by atoms with van der Waals surface area (Å²) in [5.74, 6) is 1.94. The first-order valence-electron chi connectivity index (χ1n) is 8.32. The minimum absolute atomic E-state index is 0.0171. The van der Waals surface area contributed by atoms with E-state index in [1.54, 1.807) is 7.11 Å². The van der Waals surface area contributed by atoms with Crippen LogP contribution in [0.25, 0.3) is 0 Å². The second kappa shape index (κ2) is 8.61. The fraction of sp³-hybridized carbons (Fsp3) is 0.526. The summed E-state index contributed by atoms with van der Waals surface area (Å²) in [5, 5.41) is 3.06. The van der Waals surface area contributed by atoms with E-state index in [-0.39, 0.29) is 12.5 Å². The molecule has 1 saturated carbocycles. The van der Waals surface area contributed by atoms with Crippen molar-refractivity contribution in [1.82, 2.24) is 5.32 Å². The van der Waals surface area contributed by atoms with Gasteiger partial charge in [0.15, 0.2) is 18.1 Å². The normalized spacial score (nSPS) is 20.6. The summed E-state index contributed by atoms with van der Waals surface area (Å²) < 4.78 is 11.0. The van der Waals surface area contributed by atoms with Crippen molar-refractivity contribution < 1.29 is 14.3 Å². The molecule has 1 aromatic carbocycles. The third-order valence-corrected chi connectivity index (χ3v) is 4.35. The molecule has 23 heavy (non-hydrogen) atoms. The van der Waals surface area contributed by atoms with Gasteiger partial charge in [-0.2, -0.15) is 0 Å². The van der Waals surface area contributed by atoms with Crippen LogP contribution >= 0.6 is 0 Å². The highest BCUT2D eigenvalue weighted by molar-refractivity contribution is 5.78. The van der Waals surface area contributed by atoms with E-state index in [1.165, 1.54) is 12.8 Å². The molecule has 0 aliphatic heterocycles. The van der Waals surface area contributed by atoms with Crippen molar-refractivity contribution in [3.63, 3.8) is 0 Å². The van der Waals surface area contributed by atoms with E-state index in [1.807, 2.05) is 24.3 Å². The number of rotatable bonds is 7. The lowest BCUT2D eigenvalue weighted by Crippen LogP contribution is -2.39. The van der Waals surface area contributed by atoms with Crippen LogP contribution in [0.15, 0.2) is 30.9 Å². The molecule has 2 rings (SSSR count). The van der Waals surface area contributed by atoms with Crippen LogP contribution in [0, 0.1) is 5.92 Å². The second-order valence-electron chi connectivity index (χ2n) is 6.29. The van der Waals surface area contributed by atoms with Crippen molar-refractivity contribution in [1.29, 1.82) is 0 Å². The maximum absolute atomic E-state index is 12.0. The zero-order chi connectivity index (χ0) is 16.7. The van der Waals surface area contributed by atoms with Gasteiger partial charge in [-0.15, -0.1) is 6.58 Å². The number of nitrogens with one attached hydrogen (secondary N) is 1. The maximum atomic E-state index is 12.0. The number of hydrogen-bond acceptors (Lipinski definition) is 3. The third-order valence-electron chi connectivity index (χ3n) is 4.35. The quantitative estimate of drug-likeness (QED) is 0.783. The van der Waals surface area contributed by atoms with Gasteiger partial charge in [0.05, 0.1) is 7.11 Å². The molecule has 0 saturated heterocycles. The Hall–Kier alpha value is -1.97. The van der Waals surface area contributed by atoms with Crippen LogP contribution in [-0.2, 0) is 11.2 Å². The first-order chi connectivity index (χ1) is 11.1. The van der Waals surface area contributed by atoms with Crippen molar-refractivity contribution in [2.24, 2.45) is 5.92 Å². The standard InChI is InChI=1S/C19H27NO3/c1-4-5-15-8-11-17(18(12-15)22-3)23-13-19(21)20-16-9-6-14(2)7-10-16/h4,8,11-12,14,16H,1,5-7,9-10,13H2,2-3H3,(H,20,21). The highest BCUT2D eigenvalue weighted by atomic mass is 16.5. The molecule has 1 aliphatic rings. The molecule has 0 heterocycles. The lowest BCUT2D eigenvalue weighted by molar-refractivity contribution is -0.124. The van der Waals surface area contributed by atoms with Crippen LogP contribution < -0.4 is 14.8 Å². The molecule has 0 aromatic heterocycles. The van der Waals surface area contributed by atoms with Crippen molar-refractivity contribution in [2.75, 3.05) is 13.7 Å². The van der Waals surface area contributed by atoms with Crippen LogP contribution in [0.5, 0.6) is 11.5 Å². The number of benzene rings is 1. The summed E-state index contributed by atoms with van der Waals surface area (Å²) in [4.78, 5) is 12.0. The summed E-state index contributed by atoms with van der Waals surface area (Å²) in [5.41, 5.74) is 1.10. The Bertz CT molecular complexity index is 533. The van der Waals surface area contributed by atoms with Crippen LogP contribution in [0.3, 0.4) is 0 Å². The van der Waals surface area contributed by atoms with Crippen LogP contribution in [0.4, 0.5) is 0 Å². The van der Waals surface area contributed by atoms with Crippen molar-refractivity contribution in [2.45, 2.75) is 45.1 Å². The summed E-state index contributed by atoms with van der Waals surface area (Å²) in [6.07, 6.45) is 7.11. The minimum atomic E-state index is -0.0678. The van der Waals surface area contributed by atoms with Crippen molar-refractivity contribution in [3.8, 4) is 11.5 Å². The van der Waals surface area contributed by atoms with E-state index < -0.39 is 0 Å². The Morgan fingerprint density at radius 1 is 1.30 bits per heavy atom. The molecule has 0 atom stereocenters.